The van der Waals surface area contributed by atoms with Crippen LogP contribution < -0.4 is 0 Å². The van der Waals surface area contributed by atoms with Crippen molar-refractivity contribution < 1.29 is 14.7 Å². The van der Waals surface area contributed by atoms with Gasteiger partial charge < -0.3 is 5.11 Å². The first-order valence-electron chi connectivity index (χ1n) is 5.02. The molecule has 0 aliphatic heterocycles. The van der Waals surface area contributed by atoms with Gasteiger partial charge in [0.05, 0.1) is 0 Å². The number of carboxylic acid groups (broad SMARTS) is 1. The minimum atomic E-state index is -0.834. The van der Waals surface area contributed by atoms with Gasteiger partial charge in [0, 0.05) is 17.9 Å². The lowest BCUT2D eigenvalue weighted by Gasteiger charge is -2.04. The topological polar surface area (TPSA) is 54.4 Å². The first-order chi connectivity index (χ1) is 7.18. The van der Waals surface area contributed by atoms with Crippen LogP contribution in [0.15, 0.2) is 24.3 Å². The number of benzene rings is 1. The minimum Gasteiger partial charge on any atom is -0.481 e. The van der Waals surface area contributed by atoms with Crippen molar-refractivity contribution in [3.05, 3.63) is 35.4 Å². The third-order valence-electron chi connectivity index (χ3n) is 2.83. The highest BCUT2D eigenvalue weighted by Gasteiger charge is 2.29. The van der Waals surface area contributed by atoms with Crippen molar-refractivity contribution in [3.63, 3.8) is 0 Å². The third kappa shape index (κ3) is 1.91. The molecule has 1 aromatic rings. The standard InChI is InChI=1S/C12H12O3/c13-11(14)6-5-9-7-8-3-1-2-4-10(8)12(9)15/h1-4,9H,5-7H2,(H,13,14)/t9-/m0/s1. The number of Topliss-reactive ketones (excluding diaryl/α,β-unsaturated/α-hetero) is 1. The Hall–Kier alpha value is -1.64. The molecule has 0 spiro atoms. The van der Waals surface area contributed by atoms with E-state index >= 15 is 0 Å². The highest BCUT2D eigenvalue weighted by atomic mass is 16.4. The van der Waals surface area contributed by atoms with Crippen molar-refractivity contribution in [1.82, 2.24) is 0 Å². The van der Waals surface area contributed by atoms with Gasteiger partial charge in [0.15, 0.2) is 5.78 Å². The molecule has 2 rings (SSSR count). The average Bonchev–Trinajstić information content (AvgIpc) is 2.54. The lowest BCUT2D eigenvalue weighted by Crippen LogP contribution is -2.11. The maximum absolute atomic E-state index is 11.8. The van der Waals surface area contributed by atoms with E-state index in [-0.39, 0.29) is 18.1 Å². The SMILES string of the molecule is O=C(O)CC[C@H]1Cc2ccccc2C1=O. The first-order valence-corrected chi connectivity index (χ1v) is 5.02. The normalized spacial score (nSPS) is 18.9. The van der Waals surface area contributed by atoms with Crippen molar-refractivity contribution in [1.29, 1.82) is 0 Å². The molecule has 3 nitrogen and oxygen atoms in total. The summed E-state index contributed by atoms with van der Waals surface area (Å²) in [7, 11) is 0. The molecule has 0 unspecified atom stereocenters. The van der Waals surface area contributed by atoms with Gasteiger partial charge in [0.25, 0.3) is 0 Å². The molecule has 1 aliphatic rings. The summed E-state index contributed by atoms with van der Waals surface area (Å²) in [6.07, 6.45) is 1.22. The molecule has 1 aromatic carbocycles. The van der Waals surface area contributed by atoms with Gasteiger partial charge in [-0.25, -0.2) is 0 Å². The maximum atomic E-state index is 11.8. The fourth-order valence-electron chi connectivity index (χ4n) is 2.05. The smallest absolute Gasteiger partial charge is 0.303 e. The van der Waals surface area contributed by atoms with Gasteiger partial charge in [-0.05, 0) is 18.4 Å². The van der Waals surface area contributed by atoms with Gasteiger partial charge in [-0.3, -0.25) is 9.59 Å². The van der Waals surface area contributed by atoms with Crippen LogP contribution in [0.2, 0.25) is 0 Å². The molecule has 0 saturated heterocycles. The summed E-state index contributed by atoms with van der Waals surface area (Å²) in [6, 6.07) is 7.51. The molecule has 1 atom stereocenters. The molecule has 0 aromatic heterocycles. The summed E-state index contributed by atoms with van der Waals surface area (Å²) >= 11 is 0. The van der Waals surface area contributed by atoms with Gasteiger partial charge in [-0.2, -0.15) is 0 Å². The fraction of sp³-hybridized carbons (Fsp3) is 0.333. The van der Waals surface area contributed by atoms with Gasteiger partial charge >= 0.3 is 5.97 Å². The molecule has 1 N–H and O–H groups in total. The van der Waals surface area contributed by atoms with Crippen LogP contribution in [0, 0.1) is 5.92 Å². The molecular formula is C12H12O3. The van der Waals surface area contributed by atoms with E-state index in [0.29, 0.717) is 12.8 Å². The molecule has 0 radical (unpaired) electrons. The van der Waals surface area contributed by atoms with Crippen molar-refractivity contribution in [2.45, 2.75) is 19.3 Å². The van der Waals surface area contributed by atoms with E-state index in [2.05, 4.69) is 0 Å². The lowest BCUT2D eigenvalue weighted by molar-refractivity contribution is -0.137. The maximum Gasteiger partial charge on any atom is 0.303 e. The van der Waals surface area contributed by atoms with E-state index < -0.39 is 5.97 Å². The number of carbonyl (C=O) groups excluding carboxylic acids is 1. The van der Waals surface area contributed by atoms with Crippen molar-refractivity contribution >= 4 is 11.8 Å². The first kappa shape index (κ1) is 9.90. The van der Waals surface area contributed by atoms with E-state index in [9.17, 15) is 9.59 Å². The Bertz CT molecular complexity index is 409. The van der Waals surface area contributed by atoms with Crippen LogP contribution in [-0.4, -0.2) is 16.9 Å². The summed E-state index contributed by atoms with van der Waals surface area (Å²) in [5, 5.41) is 8.57. The van der Waals surface area contributed by atoms with E-state index in [4.69, 9.17) is 5.11 Å². The number of rotatable bonds is 3. The molecule has 0 fully saturated rings. The predicted molar refractivity (Wildman–Crippen MR) is 54.8 cm³/mol. The number of aliphatic carboxylic acids is 1. The quantitative estimate of drug-likeness (QED) is 0.818. The van der Waals surface area contributed by atoms with Crippen LogP contribution in [-0.2, 0) is 11.2 Å². The highest BCUT2D eigenvalue weighted by molar-refractivity contribution is 6.02. The average molecular weight is 204 g/mol. The predicted octanol–water partition coefficient (Wildman–Crippen LogP) is 1.91. The van der Waals surface area contributed by atoms with Crippen molar-refractivity contribution in [2.24, 2.45) is 5.92 Å². The summed E-state index contributed by atoms with van der Waals surface area (Å²) in [5.41, 5.74) is 1.82. The molecule has 15 heavy (non-hydrogen) atoms. The molecule has 1 aliphatic carbocycles. The van der Waals surface area contributed by atoms with Crippen LogP contribution in [0.3, 0.4) is 0 Å². The molecule has 0 heterocycles. The van der Waals surface area contributed by atoms with Gasteiger partial charge in [0.1, 0.15) is 0 Å². The monoisotopic (exact) mass is 204 g/mol. The molecule has 78 valence electrons. The van der Waals surface area contributed by atoms with E-state index in [0.717, 1.165) is 11.1 Å². The van der Waals surface area contributed by atoms with Crippen LogP contribution in [0.1, 0.15) is 28.8 Å². The number of ketones is 1. The zero-order valence-electron chi connectivity index (χ0n) is 8.27. The largest absolute Gasteiger partial charge is 0.481 e. The second kappa shape index (κ2) is 3.85. The Morgan fingerprint density at radius 2 is 2.13 bits per heavy atom. The molecule has 0 saturated carbocycles. The van der Waals surface area contributed by atoms with Crippen LogP contribution in [0.25, 0.3) is 0 Å². The van der Waals surface area contributed by atoms with E-state index in [1.165, 1.54) is 0 Å². The summed E-state index contributed by atoms with van der Waals surface area (Å²) in [4.78, 5) is 22.2. The Morgan fingerprint density at radius 1 is 1.40 bits per heavy atom. The Kier molecular flexibility index (Phi) is 2.54. The minimum absolute atomic E-state index is 0.0738. The Balaban J connectivity index is 2.10. The van der Waals surface area contributed by atoms with E-state index in [1.807, 2.05) is 24.3 Å². The summed E-state index contributed by atoms with van der Waals surface area (Å²) < 4.78 is 0. The third-order valence-corrected chi connectivity index (χ3v) is 2.83. The number of hydrogen-bond donors (Lipinski definition) is 1. The van der Waals surface area contributed by atoms with E-state index in [1.54, 1.807) is 0 Å². The highest BCUT2D eigenvalue weighted by Crippen LogP contribution is 2.29. The summed E-state index contributed by atoms with van der Waals surface area (Å²) in [5.74, 6) is -0.857. The number of carbonyl (C=O) groups is 2. The number of carboxylic acids is 1. The van der Waals surface area contributed by atoms with Gasteiger partial charge in [0.2, 0.25) is 0 Å². The number of fused-ring (bicyclic) bond motifs is 1. The van der Waals surface area contributed by atoms with Crippen molar-refractivity contribution in [3.8, 4) is 0 Å². The van der Waals surface area contributed by atoms with Crippen LogP contribution in [0.4, 0.5) is 0 Å². The Labute approximate surface area is 87.7 Å². The molecule has 0 amide bonds. The van der Waals surface area contributed by atoms with Crippen LogP contribution in [0.5, 0.6) is 0 Å². The summed E-state index contributed by atoms with van der Waals surface area (Å²) in [6.45, 7) is 0. The van der Waals surface area contributed by atoms with Crippen molar-refractivity contribution in [2.75, 3.05) is 0 Å². The zero-order valence-corrected chi connectivity index (χ0v) is 8.27. The molecular weight excluding hydrogens is 192 g/mol. The molecule has 3 heteroatoms. The second-order valence-corrected chi connectivity index (χ2v) is 3.85. The zero-order chi connectivity index (χ0) is 10.8. The lowest BCUT2D eigenvalue weighted by atomic mass is 9.99. The van der Waals surface area contributed by atoms with Crippen LogP contribution >= 0.6 is 0 Å². The van der Waals surface area contributed by atoms with Gasteiger partial charge in [-0.1, -0.05) is 24.3 Å². The van der Waals surface area contributed by atoms with Gasteiger partial charge in [-0.15, -0.1) is 0 Å². The fourth-order valence-corrected chi connectivity index (χ4v) is 2.05. The molecule has 0 bridgehead atoms. The Morgan fingerprint density at radius 3 is 2.80 bits per heavy atom. The second-order valence-electron chi connectivity index (χ2n) is 3.85. The number of hydrogen-bond acceptors (Lipinski definition) is 2.